The highest BCUT2D eigenvalue weighted by molar-refractivity contribution is 6.18. The lowest BCUT2D eigenvalue weighted by molar-refractivity contribution is 0.853. The van der Waals surface area contributed by atoms with Gasteiger partial charge in [-0.2, -0.15) is 5.26 Å². The normalized spacial score (nSPS) is 12.1. The molecular formula is C10H12ClN3. The van der Waals surface area contributed by atoms with Crippen LogP contribution in [0, 0.1) is 18.3 Å². The van der Waals surface area contributed by atoms with Crippen LogP contribution in [0.5, 0.6) is 0 Å². The van der Waals surface area contributed by atoms with E-state index in [1.807, 2.05) is 19.9 Å². The minimum atomic E-state index is -0.330. The van der Waals surface area contributed by atoms with Gasteiger partial charge in [0.1, 0.15) is 11.7 Å². The maximum absolute atomic E-state index is 8.84. The second kappa shape index (κ2) is 4.92. The first kappa shape index (κ1) is 10.9. The lowest BCUT2D eigenvalue weighted by atomic mass is 10.1. The second-order valence-corrected chi connectivity index (χ2v) is 3.33. The number of hydrogen-bond donors (Lipinski definition) is 0. The molecule has 1 heterocycles. The molecule has 0 aliphatic carbocycles. The van der Waals surface area contributed by atoms with Gasteiger partial charge >= 0.3 is 0 Å². The van der Waals surface area contributed by atoms with E-state index in [9.17, 15) is 0 Å². The Morgan fingerprint density at radius 3 is 2.79 bits per heavy atom. The predicted molar refractivity (Wildman–Crippen MR) is 55.2 cm³/mol. The molecule has 0 fully saturated rings. The van der Waals surface area contributed by atoms with Gasteiger partial charge in [0.05, 0.1) is 11.8 Å². The van der Waals surface area contributed by atoms with Crippen LogP contribution in [0.2, 0.25) is 0 Å². The van der Waals surface area contributed by atoms with Gasteiger partial charge < -0.3 is 0 Å². The number of aromatic nitrogens is 2. The van der Waals surface area contributed by atoms with E-state index in [4.69, 9.17) is 16.9 Å². The average Bonchev–Trinajstić information content (AvgIpc) is 2.19. The molecule has 1 atom stereocenters. The highest BCUT2D eigenvalue weighted by Crippen LogP contribution is 2.15. The number of rotatable bonds is 3. The molecule has 4 heteroatoms. The summed E-state index contributed by atoms with van der Waals surface area (Å²) >= 11 is 5.67. The van der Waals surface area contributed by atoms with E-state index >= 15 is 0 Å². The zero-order valence-corrected chi connectivity index (χ0v) is 9.04. The second-order valence-electron chi connectivity index (χ2n) is 3.02. The third kappa shape index (κ3) is 2.43. The van der Waals surface area contributed by atoms with Gasteiger partial charge in [-0.25, -0.2) is 9.97 Å². The first-order valence-electron chi connectivity index (χ1n) is 4.51. The van der Waals surface area contributed by atoms with Crippen molar-refractivity contribution in [3.63, 3.8) is 0 Å². The Labute approximate surface area is 88.8 Å². The van der Waals surface area contributed by atoms with Gasteiger partial charge in [0, 0.05) is 11.6 Å². The molecule has 74 valence electrons. The smallest absolute Gasteiger partial charge is 0.125 e. The molecule has 0 radical (unpaired) electrons. The molecule has 0 aromatic carbocycles. The molecule has 0 N–H and O–H groups in total. The average molecular weight is 210 g/mol. The van der Waals surface area contributed by atoms with Gasteiger partial charge in [-0.15, -0.1) is 11.6 Å². The minimum Gasteiger partial charge on any atom is -0.238 e. The number of hydrogen-bond acceptors (Lipinski definition) is 3. The van der Waals surface area contributed by atoms with Crippen molar-refractivity contribution in [2.75, 3.05) is 5.88 Å². The highest BCUT2D eigenvalue weighted by Gasteiger charge is 2.12. The minimum absolute atomic E-state index is 0.274. The monoisotopic (exact) mass is 209 g/mol. The maximum atomic E-state index is 8.84. The van der Waals surface area contributed by atoms with Crippen LogP contribution in [-0.2, 0) is 6.42 Å². The third-order valence-electron chi connectivity index (χ3n) is 1.94. The summed E-state index contributed by atoms with van der Waals surface area (Å²) in [4.78, 5) is 8.45. The molecule has 0 saturated carbocycles. The molecular weight excluding hydrogens is 198 g/mol. The summed E-state index contributed by atoms with van der Waals surface area (Å²) < 4.78 is 0. The Bertz CT molecular complexity index is 357. The molecule has 14 heavy (non-hydrogen) atoms. The van der Waals surface area contributed by atoms with Gasteiger partial charge in [-0.05, 0) is 19.4 Å². The molecule has 0 aliphatic rings. The first-order chi connectivity index (χ1) is 6.71. The van der Waals surface area contributed by atoms with Crippen LogP contribution in [0.4, 0.5) is 0 Å². The van der Waals surface area contributed by atoms with E-state index in [0.717, 1.165) is 17.8 Å². The summed E-state index contributed by atoms with van der Waals surface area (Å²) in [5.74, 6) is 0.643. The van der Waals surface area contributed by atoms with Gasteiger partial charge in [-0.1, -0.05) is 6.92 Å². The Hall–Kier alpha value is -1.14. The fraction of sp³-hybridized carbons (Fsp3) is 0.500. The Morgan fingerprint density at radius 1 is 1.57 bits per heavy atom. The van der Waals surface area contributed by atoms with Crippen molar-refractivity contribution in [1.82, 2.24) is 9.97 Å². The summed E-state index contributed by atoms with van der Waals surface area (Å²) in [5.41, 5.74) is 1.68. The summed E-state index contributed by atoms with van der Waals surface area (Å²) in [6.07, 6.45) is 0.844. The van der Waals surface area contributed by atoms with Gasteiger partial charge in [0.15, 0.2) is 0 Å². The molecule has 1 aromatic heterocycles. The molecule has 1 rings (SSSR count). The van der Waals surface area contributed by atoms with Crippen molar-refractivity contribution in [3.05, 3.63) is 23.3 Å². The van der Waals surface area contributed by atoms with E-state index in [1.165, 1.54) is 0 Å². The third-order valence-corrected chi connectivity index (χ3v) is 2.25. The van der Waals surface area contributed by atoms with Gasteiger partial charge in [0.2, 0.25) is 0 Å². The summed E-state index contributed by atoms with van der Waals surface area (Å²) in [6, 6.07) is 3.97. The van der Waals surface area contributed by atoms with Crippen molar-refractivity contribution in [2.24, 2.45) is 0 Å². The van der Waals surface area contributed by atoms with Crippen LogP contribution < -0.4 is 0 Å². The van der Waals surface area contributed by atoms with Crippen LogP contribution in [0.1, 0.15) is 30.1 Å². The number of aryl methyl sites for hydroxylation is 2. The van der Waals surface area contributed by atoms with Crippen LogP contribution in [0.15, 0.2) is 6.07 Å². The van der Waals surface area contributed by atoms with Crippen LogP contribution in [-0.4, -0.2) is 15.8 Å². The van der Waals surface area contributed by atoms with Crippen molar-refractivity contribution in [2.45, 2.75) is 26.2 Å². The SMILES string of the molecule is CCc1cc(C(C#N)CCl)nc(C)n1. The largest absolute Gasteiger partial charge is 0.238 e. The van der Waals surface area contributed by atoms with E-state index in [1.54, 1.807) is 0 Å². The number of nitriles is 1. The summed E-state index contributed by atoms with van der Waals surface area (Å²) in [5, 5.41) is 8.84. The van der Waals surface area contributed by atoms with Crippen LogP contribution >= 0.6 is 11.6 Å². The number of alkyl halides is 1. The fourth-order valence-electron chi connectivity index (χ4n) is 1.19. The Kier molecular flexibility index (Phi) is 3.84. The topological polar surface area (TPSA) is 49.6 Å². The quantitative estimate of drug-likeness (QED) is 0.718. The molecule has 1 unspecified atom stereocenters. The highest BCUT2D eigenvalue weighted by atomic mass is 35.5. The molecule has 0 aliphatic heterocycles. The van der Waals surface area contributed by atoms with Crippen molar-refractivity contribution in [1.29, 1.82) is 5.26 Å². The number of halogens is 1. The molecule has 0 spiro atoms. The summed E-state index contributed by atoms with van der Waals surface area (Å²) in [6.45, 7) is 3.85. The molecule has 0 saturated heterocycles. The van der Waals surface area contributed by atoms with Crippen LogP contribution in [0.25, 0.3) is 0 Å². The molecule has 0 bridgehead atoms. The standard InChI is InChI=1S/C10H12ClN3/c1-3-9-4-10(8(5-11)6-12)14-7(2)13-9/h4,8H,3,5H2,1-2H3. The predicted octanol–water partition coefficient (Wildman–Crippen LogP) is 2.19. The van der Waals surface area contributed by atoms with E-state index in [0.29, 0.717) is 5.82 Å². The first-order valence-corrected chi connectivity index (χ1v) is 5.04. The van der Waals surface area contributed by atoms with E-state index in [-0.39, 0.29) is 11.8 Å². The van der Waals surface area contributed by atoms with Gasteiger partial charge in [0.25, 0.3) is 0 Å². The van der Waals surface area contributed by atoms with E-state index in [2.05, 4.69) is 16.0 Å². The Balaban J connectivity index is 3.09. The summed E-state index contributed by atoms with van der Waals surface area (Å²) in [7, 11) is 0. The lowest BCUT2D eigenvalue weighted by Gasteiger charge is -2.06. The Morgan fingerprint density at radius 2 is 2.29 bits per heavy atom. The van der Waals surface area contributed by atoms with Crippen molar-refractivity contribution >= 4 is 11.6 Å². The molecule has 1 aromatic rings. The van der Waals surface area contributed by atoms with Gasteiger partial charge in [-0.3, -0.25) is 0 Å². The zero-order chi connectivity index (χ0) is 10.6. The molecule has 0 amide bonds. The fourth-order valence-corrected chi connectivity index (χ4v) is 1.42. The lowest BCUT2D eigenvalue weighted by Crippen LogP contribution is -2.05. The molecule has 3 nitrogen and oxygen atoms in total. The van der Waals surface area contributed by atoms with E-state index < -0.39 is 0 Å². The maximum Gasteiger partial charge on any atom is 0.125 e. The van der Waals surface area contributed by atoms with Crippen LogP contribution in [0.3, 0.4) is 0 Å². The number of nitrogens with zero attached hydrogens (tertiary/aromatic N) is 3. The van der Waals surface area contributed by atoms with Crippen molar-refractivity contribution < 1.29 is 0 Å². The zero-order valence-electron chi connectivity index (χ0n) is 8.29. The van der Waals surface area contributed by atoms with Crippen molar-refractivity contribution in [3.8, 4) is 6.07 Å².